The first-order valence-electron chi connectivity index (χ1n) is 8.05. The fraction of sp³-hybridized carbons (Fsp3) is 0.105. The molecule has 0 atom stereocenters. The first-order valence-corrected chi connectivity index (χ1v) is 10.4. The number of amides is 1. The highest BCUT2D eigenvalue weighted by molar-refractivity contribution is 7.89. The third kappa shape index (κ3) is 4.54. The SMILES string of the molecule is CN(Cc1ccccc1)S(=O)(=O)c1csc(C(=O)Nc2cccc(O)c2)c1. The molecule has 3 rings (SSSR count). The van der Waals surface area contributed by atoms with Crippen LogP contribution < -0.4 is 5.32 Å². The Labute approximate surface area is 161 Å². The number of carbonyl (C=O) groups excluding carboxylic acids is 1. The average Bonchev–Trinajstić information content (AvgIpc) is 3.13. The number of aromatic hydroxyl groups is 1. The van der Waals surface area contributed by atoms with E-state index in [9.17, 15) is 18.3 Å². The molecule has 1 aromatic heterocycles. The number of nitrogens with one attached hydrogen (secondary N) is 1. The van der Waals surface area contributed by atoms with Crippen LogP contribution in [0.1, 0.15) is 15.2 Å². The molecule has 3 aromatic rings. The van der Waals surface area contributed by atoms with Gasteiger partial charge in [0.15, 0.2) is 0 Å². The van der Waals surface area contributed by atoms with E-state index in [0.29, 0.717) is 5.69 Å². The van der Waals surface area contributed by atoms with Gasteiger partial charge in [0.05, 0.1) is 9.77 Å². The van der Waals surface area contributed by atoms with Crippen LogP contribution in [0.4, 0.5) is 5.69 Å². The maximum Gasteiger partial charge on any atom is 0.265 e. The van der Waals surface area contributed by atoms with Crippen LogP contribution in [0.2, 0.25) is 0 Å². The molecule has 8 heteroatoms. The second-order valence-electron chi connectivity index (χ2n) is 5.90. The first-order chi connectivity index (χ1) is 12.9. The van der Waals surface area contributed by atoms with Gasteiger partial charge in [-0.1, -0.05) is 36.4 Å². The van der Waals surface area contributed by atoms with Crippen LogP contribution in [0.3, 0.4) is 0 Å². The fourth-order valence-corrected chi connectivity index (χ4v) is 4.77. The molecule has 0 saturated carbocycles. The van der Waals surface area contributed by atoms with Crippen LogP contribution in [0.5, 0.6) is 5.75 Å². The zero-order valence-corrected chi connectivity index (χ0v) is 16.1. The van der Waals surface area contributed by atoms with E-state index >= 15 is 0 Å². The normalized spacial score (nSPS) is 11.5. The maximum atomic E-state index is 12.7. The number of sulfonamides is 1. The van der Waals surface area contributed by atoms with E-state index in [2.05, 4.69) is 5.32 Å². The van der Waals surface area contributed by atoms with Gasteiger partial charge < -0.3 is 10.4 Å². The highest BCUT2D eigenvalue weighted by Crippen LogP contribution is 2.24. The molecule has 0 saturated heterocycles. The van der Waals surface area contributed by atoms with Crippen molar-refractivity contribution in [1.29, 1.82) is 0 Å². The quantitative estimate of drug-likeness (QED) is 0.660. The van der Waals surface area contributed by atoms with Gasteiger partial charge in [0.2, 0.25) is 10.0 Å². The highest BCUT2D eigenvalue weighted by atomic mass is 32.2. The van der Waals surface area contributed by atoms with Gasteiger partial charge in [-0.15, -0.1) is 11.3 Å². The molecule has 2 N–H and O–H groups in total. The van der Waals surface area contributed by atoms with Gasteiger partial charge in [0.25, 0.3) is 5.91 Å². The molecular formula is C19H18N2O4S2. The Bertz CT molecular complexity index is 1050. The number of phenolic OH excluding ortho intramolecular Hbond substituents is 1. The summed E-state index contributed by atoms with van der Waals surface area (Å²) in [5, 5.41) is 13.5. The van der Waals surface area contributed by atoms with Crippen molar-refractivity contribution in [3.05, 3.63) is 76.5 Å². The number of hydrogen-bond donors (Lipinski definition) is 2. The predicted molar refractivity (Wildman–Crippen MR) is 105 cm³/mol. The van der Waals surface area contributed by atoms with Gasteiger partial charge in [0.1, 0.15) is 5.75 Å². The third-order valence-electron chi connectivity index (χ3n) is 3.86. The molecule has 27 heavy (non-hydrogen) atoms. The van der Waals surface area contributed by atoms with Gasteiger partial charge in [-0.05, 0) is 23.8 Å². The largest absolute Gasteiger partial charge is 0.508 e. The topological polar surface area (TPSA) is 86.7 Å². The summed E-state index contributed by atoms with van der Waals surface area (Å²) in [6.07, 6.45) is 0. The van der Waals surface area contributed by atoms with Crippen molar-refractivity contribution in [1.82, 2.24) is 4.31 Å². The Balaban J connectivity index is 1.74. The lowest BCUT2D eigenvalue weighted by atomic mass is 10.2. The lowest BCUT2D eigenvalue weighted by molar-refractivity contribution is 0.103. The molecular weight excluding hydrogens is 384 g/mol. The highest BCUT2D eigenvalue weighted by Gasteiger charge is 2.24. The summed E-state index contributed by atoms with van der Waals surface area (Å²) in [5.74, 6) is -0.400. The predicted octanol–water partition coefficient (Wildman–Crippen LogP) is 3.53. The second-order valence-corrected chi connectivity index (χ2v) is 8.85. The number of hydrogen-bond acceptors (Lipinski definition) is 5. The molecule has 1 amide bonds. The summed E-state index contributed by atoms with van der Waals surface area (Å²) < 4.78 is 26.7. The molecule has 0 bridgehead atoms. The molecule has 140 valence electrons. The summed E-state index contributed by atoms with van der Waals surface area (Å²) in [5.41, 5.74) is 1.31. The number of nitrogens with zero attached hydrogens (tertiary/aromatic N) is 1. The van der Waals surface area contributed by atoms with E-state index in [1.54, 1.807) is 12.1 Å². The van der Waals surface area contributed by atoms with Crippen molar-refractivity contribution >= 4 is 33.0 Å². The van der Waals surface area contributed by atoms with Crippen molar-refractivity contribution in [2.45, 2.75) is 11.4 Å². The maximum absolute atomic E-state index is 12.7. The number of thiophene rings is 1. The van der Waals surface area contributed by atoms with Gasteiger partial charge >= 0.3 is 0 Å². The number of anilines is 1. The van der Waals surface area contributed by atoms with Gasteiger partial charge in [0, 0.05) is 30.7 Å². The van der Waals surface area contributed by atoms with Crippen LogP contribution in [0.25, 0.3) is 0 Å². The second kappa shape index (κ2) is 7.91. The van der Waals surface area contributed by atoms with E-state index < -0.39 is 15.9 Å². The van der Waals surface area contributed by atoms with E-state index in [-0.39, 0.29) is 22.1 Å². The minimum absolute atomic E-state index is 0.0322. The van der Waals surface area contributed by atoms with E-state index in [1.165, 1.54) is 34.9 Å². The third-order valence-corrected chi connectivity index (χ3v) is 6.72. The van der Waals surface area contributed by atoms with Crippen LogP contribution >= 0.6 is 11.3 Å². The Kier molecular flexibility index (Phi) is 5.59. The zero-order chi connectivity index (χ0) is 19.4. The molecule has 2 aromatic carbocycles. The lowest BCUT2D eigenvalue weighted by Gasteiger charge is -2.16. The Morgan fingerprint density at radius 2 is 1.85 bits per heavy atom. The molecule has 0 spiro atoms. The van der Waals surface area contributed by atoms with Crippen molar-refractivity contribution < 1.29 is 18.3 Å². The summed E-state index contributed by atoms with van der Waals surface area (Å²) in [7, 11) is -2.20. The van der Waals surface area contributed by atoms with Crippen LogP contribution in [-0.4, -0.2) is 30.8 Å². The summed E-state index contributed by atoms with van der Waals surface area (Å²) >= 11 is 1.05. The van der Waals surface area contributed by atoms with Crippen LogP contribution in [-0.2, 0) is 16.6 Å². The monoisotopic (exact) mass is 402 g/mol. The lowest BCUT2D eigenvalue weighted by Crippen LogP contribution is -2.26. The average molecular weight is 402 g/mol. The fourth-order valence-electron chi connectivity index (χ4n) is 2.45. The molecule has 0 aliphatic rings. The molecule has 0 unspecified atom stereocenters. The standard InChI is InChI=1S/C19H18N2O4S2/c1-21(12-14-6-3-2-4-7-14)27(24,25)17-11-18(26-13-17)19(23)20-15-8-5-9-16(22)10-15/h2-11,13,22H,12H2,1H3,(H,20,23). The van der Waals surface area contributed by atoms with Crippen molar-refractivity contribution in [3.8, 4) is 5.75 Å². The van der Waals surface area contributed by atoms with Crippen LogP contribution in [0, 0.1) is 0 Å². The van der Waals surface area contributed by atoms with Crippen molar-refractivity contribution in [2.24, 2.45) is 0 Å². The van der Waals surface area contributed by atoms with Gasteiger partial charge in [-0.2, -0.15) is 4.31 Å². The van der Waals surface area contributed by atoms with E-state index in [0.717, 1.165) is 16.9 Å². The zero-order valence-electron chi connectivity index (χ0n) is 14.5. The van der Waals surface area contributed by atoms with Crippen molar-refractivity contribution in [2.75, 3.05) is 12.4 Å². The minimum Gasteiger partial charge on any atom is -0.508 e. The molecule has 0 aliphatic carbocycles. The van der Waals surface area contributed by atoms with Gasteiger partial charge in [-0.3, -0.25) is 4.79 Å². The molecule has 0 radical (unpaired) electrons. The molecule has 0 aliphatic heterocycles. The first kappa shape index (κ1) is 19.1. The van der Waals surface area contributed by atoms with Crippen molar-refractivity contribution in [3.63, 3.8) is 0 Å². The van der Waals surface area contributed by atoms with Gasteiger partial charge in [-0.25, -0.2) is 8.42 Å². The molecule has 6 nitrogen and oxygen atoms in total. The Morgan fingerprint density at radius 3 is 2.56 bits per heavy atom. The summed E-state index contributed by atoms with van der Waals surface area (Å²) in [6, 6.07) is 16.8. The minimum atomic E-state index is -3.71. The number of benzene rings is 2. The summed E-state index contributed by atoms with van der Waals surface area (Å²) in [6.45, 7) is 0.240. The number of phenols is 1. The smallest absolute Gasteiger partial charge is 0.265 e. The Hall–Kier alpha value is -2.68. The van der Waals surface area contributed by atoms with E-state index in [4.69, 9.17) is 0 Å². The van der Waals surface area contributed by atoms with Crippen LogP contribution in [0.15, 0.2) is 70.9 Å². The molecule has 0 fully saturated rings. The number of carbonyl (C=O) groups is 1. The molecule has 1 heterocycles. The summed E-state index contributed by atoms with van der Waals surface area (Å²) in [4.78, 5) is 12.7. The Morgan fingerprint density at radius 1 is 1.11 bits per heavy atom. The van der Waals surface area contributed by atoms with E-state index in [1.807, 2.05) is 30.3 Å². The number of rotatable bonds is 6.